The van der Waals surface area contributed by atoms with E-state index in [1.165, 1.54) is 31.3 Å². The molecule has 1 aliphatic rings. The van der Waals surface area contributed by atoms with Gasteiger partial charge in [0.25, 0.3) is 0 Å². The molecule has 1 aromatic carbocycles. The van der Waals surface area contributed by atoms with Crippen LogP contribution in [-0.4, -0.2) is 25.3 Å². The van der Waals surface area contributed by atoms with Crippen LogP contribution in [0.2, 0.25) is 0 Å². The van der Waals surface area contributed by atoms with Gasteiger partial charge in [-0.2, -0.15) is 0 Å². The molecule has 0 saturated heterocycles. The molecule has 0 atom stereocenters. The molecule has 0 fully saturated rings. The van der Waals surface area contributed by atoms with Gasteiger partial charge in [-0.05, 0) is 56.4 Å². The maximum atomic E-state index is 11.8. The molecule has 0 bridgehead atoms. The van der Waals surface area contributed by atoms with Gasteiger partial charge in [-0.1, -0.05) is 11.6 Å². The molecule has 1 N–H and O–H groups in total. The second-order valence-corrected chi connectivity index (χ2v) is 6.22. The van der Waals surface area contributed by atoms with Gasteiger partial charge in [-0.25, -0.2) is 0 Å². The van der Waals surface area contributed by atoms with E-state index in [4.69, 9.17) is 4.74 Å². The minimum Gasteiger partial charge on any atom is -0.497 e. The lowest BCUT2D eigenvalue weighted by Gasteiger charge is -2.12. The minimum atomic E-state index is 0.104. The quantitative estimate of drug-likeness (QED) is 0.615. The van der Waals surface area contributed by atoms with E-state index in [-0.39, 0.29) is 5.91 Å². The normalized spacial score (nSPS) is 14.4. The third-order valence-corrected chi connectivity index (χ3v) is 4.59. The molecule has 1 amide bonds. The fraction of sp³-hybridized carbons (Fsp3) is 0.471. The number of allylic oxidation sites excluding steroid dienone is 1. The number of nitrogens with one attached hydrogen (secondary N) is 1. The van der Waals surface area contributed by atoms with Crippen molar-refractivity contribution in [1.82, 2.24) is 5.32 Å². The number of carbonyl (C=O) groups is 1. The van der Waals surface area contributed by atoms with Crippen molar-refractivity contribution in [3.8, 4) is 5.75 Å². The molecule has 0 aliphatic heterocycles. The third kappa shape index (κ3) is 5.84. The van der Waals surface area contributed by atoms with Crippen molar-refractivity contribution in [2.24, 2.45) is 0 Å². The molecular weight excluding hydrogens is 282 g/mol. The summed E-state index contributed by atoms with van der Waals surface area (Å²) >= 11 is 1.55. The van der Waals surface area contributed by atoms with Crippen LogP contribution in [0.4, 0.5) is 0 Å². The highest BCUT2D eigenvalue weighted by atomic mass is 32.2. The van der Waals surface area contributed by atoms with Gasteiger partial charge in [-0.15, -0.1) is 11.8 Å². The number of benzene rings is 1. The Morgan fingerprint density at radius 2 is 2.10 bits per heavy atom. The van der Waals surface area contributed by atoms with Crippen LogP contribution in [0.1, 0.15) is 32.1 Å². The Labute approximate surface area is 131 Å². The van der Waals surface area contributed by atoms with Crippen molar-refractivity contribution in [2.75, 3.05) is 19.4 Å². The van der Waals surface area contributed by atoms with Crippen molar-refractivity contribution in [2.45, 2.75) is 37.0 Å². The van der Waals surface area contributed by atoms with Gasteiger partial charge in [0, 0.05) is 11.4 Å². The lowest BCUT2D eigenvalue weighted by atomic mass is 9.97. The highest BCUT2D eigenvalue weighted by Gasteiger charge is 2.06. The second-order valence-electron chi connectivity index (χ2n) is 5.17. The van der Waals surface area contributed by atoms with Gasteiger partial charge in [0.2, 0.25) is 5.91 Å². The maximum Gasteiger partial charge on any atom is 0.230 e. The molecule has 3 nitrogen and oxygen atoms in total. The number of amides is 1. The monoisotopic (exact) mass is 305 g/mol. The Hall–Kier alpha value is -1.42. The molecule has 0 aromatic heterocycles. The Morgan fingerprint density at radius 1 is 1.29 bits per heavy atom. The molecule has 1 aliphatic carbocycles. The largest absolute Gasteiger partial charge is 0.497 e. The molecule has 0 radical (unpaired) electrons. The van der Waals surface area contributed by atoms with Crippen LogP contribution in [0.3, 0.4) is 0 Å². The number of thioether (sulfide) groups is 1. The fourth-order valence-electron chi connectivity index (χ4n) is 2.37. The van der Waals surface area contributed by atoms with Crippen LogP contribution in [0.25, 0.3) is 0 Å². The van der Waals surface area contributed by atoms with E-state index in [0.29, 0.717) is 5.75 Å². The SMILES string of the molecule is COc1ccc(SCC(=O)NCCC2=CCCCC2)cc1. The zero-order valence-corrected chi connectivity index (χ0v) is 13.4. The highest BCUT2D eigenvalue weighted by Crippen LogP contribution is 2.21. The average Bonchev–Trinajstić information content (AvgIpc) is 2.54. The van der Waals surface area contributed by atoms with Crippen LogP contribution < -0.4 is 10.1 Å². The summed E-state index contributed by atoms with van der Waals surface area (Å²) in [5.74, 6) is 1.41. The first-order valence-corrected chi connectivity index (χ1v) is 8.48. The van der Waals surface area contributed by atoms with Gasteiger partial charge in [-0.3, -0.25) is 4.79 Å². The van der Waals surface area contributed by atoms with Crippen LogP contribution in [-0.2, 0) is 4.79 Å². The summed E-state index contributed by atoms with van der Waals surface area (Å²) in [6.07, 6.45) is 8.36. The lowest BCUT2D eigenvalue weighted by Crippen LogP contribution is -2.26. The van der Waals surface area contributed by atoms with E-state index < -0.39 is 0 Å². The third-order valence-electron chi connectivity index (χ3n) is 3.58. The van der Waals surface area contributed by atoms with E-state index in [2.05, 4.69) is 11.4 Å². The summed E-state index contributed by atoms with van der Waals surface area (Å²) in [6, 6.07) is 7.78. The number of rotatable bonds is 7. The van der Waals surface area contributed by atoms with Gasteiger partial charge >= 0.3 is 0 Å². The Bertz CT molecular complexity index is 482. The Morgan fingerprint density at radius 3 is 2.76 bits per heavy atom. The number of carbonyl (C=O) groups excluding carboxylic acids is 1. The predicted molar refractivity (Wildman–Crippen MR) is 87.9 cm³/mol. The molecule has 114 valence electrons. The number of methoxy groups -OCH3 is 1. The smallest absolute Gasteiger partial charge is 0.230 e. The average molecular weight is 305 g/mol. The molecule has 4 heteroatoms. The van der Waals surface area contributed by atoms with Gasteiger partial charge in [0.05, 0.1) is 12.9 Å². The fourth-order valence-corrected chi connectivity index (χ4v) is 3.09. The van der Waals surface area contributed by atoms with Crippen molar-refractivity contribution in [3.05, 3.63) is 35.9 Å². The van der Waals surface area contributed by atoms with Crippen LogP contribution in [0, 0.1) is 0 Å². The molecule has 0 unspecified atom stereocenters. The molecule has 2 rings (SSSR count). The zero-order valence-electron chi connectivity index (χ0n) is 12.6. The van der Waals surface area contributed by atoms with E-state index in [9.17, 15) is 4.79 Å². The molecule has 1 aromatic rings. The number of hydrogen-bond donors (Lipinski definition) is 1. The Balaban J connectivity index is 1.63. The van der Waals surface area contributed by atoms with Gasteiger partial charge in [0.15, 0.2) is 0 Å². The topological polar surface area (TPSA) is 38.3 Å². The summed E-state index contributed by atoms with van der Waals surface area (Å²) in [5, 5.41) is 3.00. The summed E-state index contributed by atoms with van der Waals surface area (Å²) in [6.45, 7) is 0.758. The first kappa shape index (κ1) is 16.0. The number of hydrogen-bond acceptors (Lipinski definition) is 3. The molecule has 0 spiro atoms. The van der Waals surface area contributed by atoms with E-state index >= 15 is 0 Å². The first-order chi connectivity index (χ1) is 10.3. The van der Waals surface area contributed by atoms with Gasteiger partial charge < -0.3 is 10.1 Å². The first-order valence-electron chi connectivity index (χ1n) is 7.49. The zero-order chi connectivity index (χ0) is 14.9. The summed E-state index contributed by atoms with van der Waals surface area (Å²) in [5.41, 5.74) is 1.50. The molecule has 0 heterocycles. The summed E-state index contributed by atoms with van der Waals surface area (Å²) < 4.78 is 5.11. The summed E-state index contributed by atoms with van der Waals surface area (Å²) in [4.78, 5) is 12.9. The lowest BCUT2D eigenvalue weighted by molar-refractivity contribution is -0.118. The van der Waals surface area contributed by atoms with Crippen molar-refractivity contribution < 1.29 is 9.53 Å². The van der Waals surface area contributed by atoms with Crippen molar-refractivity contribution in [1.29, 1.82) is 0 Å². The second kappa shape index (κ2) is 8.78. The highest BCUT2D eigenvalue weighted by molar-refractivity contribution is 8.00. The predicted octanol–water partition coefficient (Wildman–Crippen LogP) is 3.79. The van der Waals surface area contributed by atoms with E-state index in [0.717, 1.165) is 23.6 Å². The molecule has 21 heavy (non-hydrogen) atoms. The van der Waals surface area contributed by atoms with Crippen LogP contribution >= 0.6 is 11.8 Å². The van der Waals surface area contributed by atoms with Gasteiger partial charge in [0.1, 0.15) is 5.75 Å². The summed E-state index contributed by atoms with van der Waals surface area (Å²) in [7, 11) is 1.65. The minimum absolute atomic E-state index is 0.104. The maximum absolute atomic E-state index is 11.8. The van der Waals surface area contributed by atoms with Crippen LogP contribution in [0.5, 0.6) is 5.75 Å². The van der Waals surface area contributed by atoms with E-state index in [1.54, 1.807) is 18.9 Å². The Kier molecular flexibility index (Phi) is 6.67. The molecular formula is C17H23NO2S. The standard InChI is InChI=1S/C17H23NO2S/c1-20-15-7-9-16(10-8-15)21-13-17(19)18-12-11-14-5-3-2-4-6-14/h5,7-10H,2-4,6,11-13H2,1H3,(H,18,19). The van der Waals surface area contributed by atoms with Crippen LogP contribution in [0.15, 0.2) is 40.8 Å². The van der Waals surface area contributed by atoms with E-state index in [1.807, 2.05) is 24.3 Å². The molecule has 0 saturated carbocycles. The number of ether oxygens (including phenoxy) is 1. The van der Waals surface area contributed by atoms with Crippen molar-refractivity contribution >= 4 is 17.7 Å². The van der Waals surface area contributed by atoms with Crippen molar-refractivity contribution in [3.63, 3.8) is 0 Å².